The van der Waals surface area contributed by atoms with Crippen molar-refractivity contribution in [3.63, 3.8) is 0 Å². The van der Waals surface area contributed by atoms with Gasteiger partial charge in [-0.3, -0.25) is 9.59 Å². The summed E-state index contributed by atoms with van der Waals surface area (Å²) in [5.74, 6) is -0.448. The third-order valence-electron chi connectivity index (χ3n) is 5.19. The van der Waals surface area contributed by atoms with Gasteiger partial charge in [0.25, 0.3) is 0 Å². The van der Waals surface area contributed by atoms with E-state index in [0.29, 0.717) is 27.8 Å². The second-order valence-electron chi connectivity index (χ2n) is 6.91. The third kappa shape index (κ3) is 3.97. The number of thiophene rings is 1. The first-order valence-corrected chi connectivity index (χ1v) is 10.1. The van der Waals surface area contributed by atoms with E-state index in [-0.39, 0.29) is 24.8 Å². The number of amides is 2. The molecule has 0 spiro atoms. The Hall–Kier alpha value is -3.07. The van der Waals surface area contributed by atoms with Crippen LogP contribution in [0.4, 0.5) is 10.7 Å². The number of carbonyl (C=O) groups excluding carboxylic acids is 3. The second kappa shape index (κ2) is 8.74. The first-order valence-electron chi connectivity index (χ1n) is 9.32. The Morgan fingerprint density at radius 3 is 2.47 bits per heavy atom. The molecular weight excluding hydrogens is 408 g/mol. The molecule has 0 radical (unpaired) electrons. The Bertz CT molecular complexity index is 1000. The Morgan fingerprint density at radius 1 is 1.13 bits per heavy atom. The largest absolute Gasteiger partial charge is 0.493 e. The molecule has 8 nitrogen and oxygen atoms in total. The van der Waals surface area contributed by atoms with Crippen LogP contribution in [0.25, 0.3) is 0 Å². The van der Waals surface area contributed by atoms with Crippen LogP contribution in [0.15, 0.2) is 18.2 Å². The Morgan fingerprint density at radius 2 is 1.83 bits per heavy atom. The van der Waals surface area contributed by atoms with Gasteiger partial charge in [0.1, 0.15) is 5.00 Å². The number of benzene rings is 1. The Balaban J connectivity index is 1.78. The van der Waals surface area contributed by atoms with Crippen LogP contribution in [0.5, 0.6) is 11.5 Å². The predicted octanol–water partition coefficient (Wildman–Crippen LogP) is 3.16. The number of hydrogen-bond acceptors (Lipinski definition) is 7. The van der Waals surface area contributed by atoms with Crippen molar-refractivity contribution in [2.45, 2.75) is 20.3 Å². The Labute approximate surface area is 178 Å². The minimum absolute atomic E-state index is 0.0804. The van der Waals surface area contributed by atoms with Crippen LogP contribution >= 0.6 is 11.3 Å². The van der Waals surface area contributed by atoms with Gasteiger partial charge in [-0.1, -0.05) is 0 Å². The zero-order chi connectivity index (χ0) is 22.0. The van der Waals surface area contributed by atoms with Gasteiger partial charge in [-0.25, -0.2) is 4.79 Å². The lowest BCUT2D eigenvalue weighted by atomic mass is 10.1. The summed E-state index contributed by atoms with van der Waals surface area (Å²) in [7, 11) is 4.36. The maximum atomic E-state index is 12.9. The van der Waals surface area contributed by atoms with E-state index in [1.165, 1.54) is 32.7 Å². The van der Waals surface area contributed by atoms with E-state index >= 15 is 0 Å². The third-order valence-corrected chi connectivity index (χ3v) is 6.31. The van der Waals surface area contributed by atoms with Gasteiger partial charge < -0.3 is 24.4 Å². The van der Waals surface area contributed by atoms with E-state index < -0.39 is 11.9 Å². The fourth-order valence-electron chi connectivity index (χ4n) is 3.40. The quantitative estimate of drug-likeness (QED) is 0.705. The van der Waals surface area contributed by atoms with E-state index in [4.69, 9.17) is 14.2 Å². The average molecular weight is 432 g/mol. The van der Waals surface area contributed by atoms with E-state index in [9.17, 15) is 14.4 Å². The molecule has 1 aromatic carbocycles. The number of nitrogens with zero attached hydrogens (tertiary/aromatic N) is 1. The van der Waals surface area contributed by atoms with Gasteiger partial charge in [0.2, 0.25) is 11.8 Å². The predicted molar refractivity (Wildman–Crippen MR) is 114 cm³/mol. The monoisotopic (exact) mass is 432 g/mol. The highest BCUT2D eigenvalue weighted by Gasteiger charge is 2.36. The molecule has 1 N–H and O–H groups in total. The van der Waals surface area contributed by atoms with Crippen molar-refractivity contribution in [2.75, 3.05) is 38.1 Å². The summed E-state index contributed by atoms with van der Waals surface area (Å²) in [6.07, 6.45) is 0.0804. The van der Waals surface area contributed by atoms with Gasteiger partial charge in [-0.05, 0) is 31.5 Å². The highest BCUT2D eigenvalue weighted by molar-refractivity contribution is 7.16. The maximum absolute atomic E-state index is 12.9. The lowest BCUT2D eigenvalue weighted by Crippen LogP contribution is -2.28. The zero-order valence-electron chi connectivity index (χ0n) is 17.5. The van der Waals surface area contributed by atoms with Gasteiger partial charge in [0.05, 0.1) is 32.8 Å². The summed E-state index contributed by atoms with van der Waals surface area (Å²) in [4.78, 5) is 40.0. The summed E-state index contributed by atoms with van der Waals surface area (Å²) in [5, 5.41) is 3.26. The van der Waals surface area contributed by atoms with Gasteiger partial charge in [0, 0.05) is 29.6 Å². The average Bonchev–Trinajstić information content (AvgIpc) is 3.26. The van der Waals surface area contributed by atoms with E-state index in [2.05, 4.69) is 5.32 Å². The first-order chi connectivity index (χ1) is 14.3. The van der Waals surface area contributed by atoms with Crippen LogP contribution in [-0.4, -0.2) is 45.7 Å². The molecule has 0 unspecified atom stereocenters. The number of ether oxygens (including phenoxy) is 3. The Kier molecular flexibility index (Phi) is 6.31. The maximum Gasteiger partial charge on any atom is 0.341 e. The number of rotatable bonds is 6. The first kappa shape index (κ1) is 21.6. The summed E-state index contributed by atoms with van der Waals surface area (Å²) in [6.45, 7) is 3.92. The number of esters is 1. The lowest BCUT2D eigenvalue weighted by molar-refractivity contribution is -0.122. The molecule has 0 saturated carbocycles. The van der Waals surface area contributed by atoms with Crippen LogP contribution in [0.1, 0.15) is 27.2 Å². The molecule has 2 amide bonds. The smallest absolute Gasteiger partial charge is 0.341 e. The number of methoxy groups -OCH3 is 3. The van der Waals surface area contributed by atoms with Crippen LogP contribution in [-0.2, 0) is 14.3 Å². The molecule has 0 bridgehead atoms. The summed E-state index contributed by atoms with van der Waals surface area (Å²) >= 11 is 1.32. The highest BCUT2D eigenvalue weighted by atomic mass is 32.1. The van der Waals surface area contributed by atoms with Crippen molar-refractivity contribution >= 4 is 39.8 Å². The molecule has 9 heteroatoms. The number of carbonyl (C=O) groups is 3. The van der Waals surface area contributed by atoms with Gasteiger partial charge in [-0.2, -0.15) is 0 Å². The molecule has 1 aliphatic rings. The molecule has 2 aromatic rings. The van der Waals surface area contributed by atoms with Crippen molar-refractivity contribution in [1.29, 1.82) is 0 Å². The van der Waals surface area contributed by atoms with E-state index in [1.54, 1.807) is 23.1 Å². The number of anilines is 2. The number of aryl methyl sites for hydroxylation is 1. The minimum Gasteiger partial charge on any atom is -0.493 e. The van der Waals surface area contributed by atoms with Crippen LogP contribution in [0.2, 0.25) is 0 Å². The van der Waals surface area contributed by atoms with Crippen LogP contribution in [0, 0.1) is 19.8 Å². The number of nitrogens with one attached hydrogen (secondary N) is 1. The van der Waals surface area contributed by atoms with Gasteiger partial charge >= 0.3 is 5.97 Å². The van der Waals surface area contributed by atoms with Crippen LogP contribution < -0.4 is 19.7 Å². The molecule has 3 rings (SSSR count). The molecule has 160 valence electrons. The summed E-state index contributed by atoms with van der Waals surface area (Å²) < 4.78 is 15.4. The highest BCUT2D eigenvalue weighted by Crippen LogP contribution is 2.36. The van der Waals surface area contributed by atoms with E-state index in [1.807, 2.05) is 13.8 Å². The molecule has 1 atom stereocenters. The topological polar surface area (TPSA) is 94.2 Å². The van der Waals surface area contributed by atoms with Crippen molar-refractivity contribution in [3.05, 3.63) is 34.2 Å². The minimum atomic E-state index is -0.543. The van der Waals surface area contributed by atoms with Crippen LogP contribution in [0.3, 0.4) is 0 Å². The standard InChI is InChI=1S/C21H24N2O6S/c1-11-12(2)30-20(18(11)21(26)29-5)22-19(25)13-8-17(24)23(10-13)14-6-7-15(27-3)16(9-14)28-4/h6-7,9,13H,8,10H2,1-5H3,(H,22,25)/t13-/m1/s1. The molecule has 1 saturated heterocycles. The van der Waals surface area contributed by atoms with Crippen molar-refractivity contribution in [3.8, 4) is 11.5 Å². The zero-order valence-corrected chi connectivity index (χ0v) is 18.3. The normalized spacial score (nSPS) is 15.8. The summed E-state index contributed by atoms with van der Waals surface area (Å²) in [6, 6.07) is 5.17. The fourth-order valence-corrected chi connectivity index (χ4v) is 4.45. The lowest BCUT2D eigenvalue weighted by Gasteiger charge is -2.18. The molecular formula is C21H24N2O6S. The van der Waals surface area contributed by atoms with Crippen molar-refractivity contribution in [2.24, 2.45) is 5.92 Å². The van der Waals surface area contributed by atoms with Gasteiger partial charge in [-0.15, -0.1) is 11.3 Å². The van der Waals surface area contributed by atoms with Gasteiger partial charge in [0.15, 0.2) is 11.5 Å². The fraction of sp³-hybridized carbons (Fsp3) is 0.381. The molecule has 30 heavy (non-hydrogen) atoms. The molecule has 1 aromatic heterocycles. The van der Waals surface area contributed by atoms with Crippen molar-refractivity contribution < 1.29 is 28.6 Å². The SMILES string of the molecule is COC(=O)c1c(NC(=O)[C@@H]2CC(=O)N(c3ccc(OC)c(OC)c3)C2)sc(C)c1C. The molecule has 2 heterocycles. The molecule has 1 aliphatic heterocycles. The van der Waals surface area contributed by atoms with Crippen molar-refractivity contribution in [1.82, 2.24) is 0 Å². The number of hydrogen-bond donors (Lipinski definition) is 1. The van der Waals surface area contributed by atoms with E-state index in [0.717, 1.165) is 10.4 Å². The molecule has 0 aliphatic carbocycles. The second-order valence-corrected chi connectivity index (χ2v) is 8.14. The molecule has 1 fully saturated rings. The summed E-state index contributed by atoms with van der Waals surface area (Å²) in [5.41, 5.74) is 1.76.